The molecule has 1 aromatic carbocycles. The number of hydrogen-bond donors (Lipinski definition) is 2. The number of halogens is 2. The van der Waals surface area contributed by atoms with Gasteiger partial charge in [0.1, 0.15) is 0 Å². The summed E-state index contributed by atoms with van der Waals surface area (Å²) < 4.78 is 1.08. The van der Waals surface area contributed by atoms with Crippen molar-refractivity contribution in [1.29, 1.82) is 0 Å². The smallest absolute Gasteiger partial charge is 0.220 e. The molecule has 0 aliphatic carbocycles. The van der Waals surface area contributed by atoms with E-state index in [2.05, 4.69) is 38.7 Å². The molecular weight excluding hydrogens is 352 g/mol. The van der Waals surface area contributed by atoms with Crippen molar-refractivity contribution in [1.82, 2.24) is 10.6 Å². The molecule has 2 fully saturated rings. The van der Waals surface area contributed by atoms with Crippen LogP contribution in [0, 0.1) is 0 Å². The average Bonchev–Trinajstić information content (AvgIpc) is 2.77. The highest BCUT2D eigenvalue weighted by atomic mass is 79.9. The molecule has 2 bridgehead atoms. The van der Waals surface area contributed by atoms with Gasteiger partial charge in [0.25, 0.3) is 0 Å². The summed E-state index contributed by atoms with van der Waals surface area (Å²) in [5.74, 6) is 0.194. The standard InChI is InChI=1S/C16H21BrN2O.ClH/c17-12-4-1-11(2-5-12)3-8-16(20)19-15-9-13-6-7-14(10-15)18-13;/h1-2,4-5,13-15,18H,3,6-10H2,(H,19,20);1H. The van der Waals surface area contributed by atoms with Gasteiger partial charge in [-0.05, 0) is 49.8 Å². The Morgan fingerprint density at radius 1 is 1.19 bits per heavy atom. The molecule has 1 aromatic rings. The molecule has 5 heteroatoms. The van der Waals surface area contributed by atoms with Gasteiger partial charge in [0.15, 0.2) is 0 Å². The summed E-state index contributed by atoms with van der Waals surface area (Å²) in [6.07, 6.45) is 6.14. The Balaban J connectivity index is 0.00000161. The van der Waals surface area contributed by atoms with E-state index < -0.39 is 0 Å². The second-order valence-electron chi connectivity index (χ2n) is 6.00. The van der Waals surface area contributed by atoms with Crippen LogP contribution in [-0.2, 0) is 11.2 Å². The normalized spacial score (nSPS) is 27.0. The van der Waals surface area contributed by atoms with E-state index in [1.165, 1.54) is 18.4 Å². The Morgan fingerprint density at radius 3 is 2.43 bits per heavy atom. The highest BCUT2D eigenvalue weighted by Crippen LogP contribution is 2.26. The summed E-state index contributed by atoms with van der Waals surface area (Å²) >= 11 is 3.42. The number of fused-ring (bicyclic) bond motifs is 2. The molecule has 2 heterocycles. The van der Waals surface area contributed by atoms with Crippen LogP contribution in [0.5, 0.6) is 0 Å². The van der Waals surface area contributed by atoms with Crippen molar-refractivity contribution in [3.8, 4) is 0 Å². The third-order valence-electron chi connectivity index (χ3n) is 4.39. The maximum absolute atomic E-state index is 12.0. The molecule has 2 saturated heterocycles. The van der Waals surface area contributed by atoms with Crippen LogP contribution in [0.2, 0.25) is 0 Å². The molecule has 3 nitrogen and oxygen atoms in total. The van der Waals surface area contributed by atoms with Crippen LogP contribution in [0.4, 0.5) is 0 Å². The second kappa shape index (κ2) is 7.61. The van der Waals surface area contributed by atoms with Crippen molar-refractivity contribution >= 4 is 34.2 Å². The van der Waals surface area contributed by atoms with Gasteiger partial charge >= 0.3 is 0 Å². The van der Waals surface area contributed by atoms with Crippen molar-refractivity contribution in [2.45, 2.75) is 56.7 Å². The Bertz CT molecular complexity index is 468. The Hall–Kier alpha value is -0.580. The quantitative estimate of drug-likeness (QED) is 0.851. The fourth-order valence-corrected chi connectivity index (χ4v) is 3.65. The van der Waals surface area contributed by atoms with Crippen LogP contribution in [-0.4, -0.2) is 24.0 Å². The number of aryl methyl sites for hydroxylation is 1. The Morgan fingerprint density at radius 2 is 1.81 bits per heavy atom. The molecule has 0 spiro atoms. The van der Waals surface area contributed by atoms with Crippen LogP contribution < -0.4 is 10.6 Å². The molecule has 0 aromatic heterocycles. The molecule has 116 valence electrons. The Labute approximate surface area is 140 Å². The zero-order valence-corrected chi connectivity index (χ0v) is 14.4. The van der Waals surface area contributed by atoms with Gasteiger partial charge < -0.3 is 10.6 Å². The van der Waals surface area contributed by atoms with Gasteiger partial charge in [-0.1, -0.05) is 28.1 Å². The number of rotatable bonds is 4. The van der Waals surface area contributed by atoms with Gasteiger partial charge in [0.05, 0.1) is 0 Å². The Kier molecular flexibility index (Phi) is 6.08. The first-order chi connectivity index (χ1) is 9.69. The number of benzene rings is 1. The monoisotopic (exact) mass is 372 g/mol. The summed E-state index contributed by atoms with van der Waals surface area (Å²) in [5.41, 5.74) is 1.22. The summed E-state index contributed by atoms with van der Waals surface area (Å²) in [4.78, 5) is 12.0. The van der Waals surface area contributed by atoms with Gasteiger partial charge in [-0.15, -0.1) is 12.4 Å². The van der Waals surface area contributed by atoms with Gasteiger partial charge in [0.2, 0.25) is 5.91 Å². The molecule has 2 N–H and O–H groups in total. The van der Waals surface area contributed by atoms with Gasteiger partial charge in [-0.2, -0.15) is 0 Å². The lowest BCUT2D eigenvalue weighted by molar-refractivity contribution is -0.122. The molecule has 3 rings (SSSR count). The number of carbonyl (C=O) groups excluding carboxylic acids is 1. The molecule has 2 unspecified atom stereocenters. The van der Waals surface area contributed by atoms with Crippen LogP contribution >= 0.6 is 28.3 Å². The van der Waals surface area contributed by atoms with Crippen molar-refractivity contribution in [2.75, 3.05) is 0 Å². The van der Waals surface area contributed by atoms with E-state index in [1.54, 1.807) is 0 Å². The molecule has 0 saturated carbocycles. The number of nitrogens with one attached hydrogen (secondary N) is 2. The third-order valence-corrected chi connectivity index (χ3v) is 4.92. The highest BCUT2D eigenvalue weighted by molar-refractivity contribution is 9.10. The maximum Gasteiger partial charge on any atom is 0.220 e. The minimum atomic E-state index is 0. The van der Waals surface area contributed by atoms with E-state index in [0.717, 1.165) is 23.7 Å². The van der Waals surface area contributed by atoms with Crippen LogP contribution in [0.25, 0.3) is 0 Å². The first-order valence-electron chi connectivity index (χ1n) is 7.49. The first-order valence-corrected chi connectivity index (χ1v) is 8.28. The molecule has 21 heavy (non-hydrogen) atoms. The van der Waals surface area contributed by atoms with Gasteiger partial charge in [-0.3, -0.25) is 4.79 Å². The van der Waals surface area contributed by atoms with Crippen molar-refractivity contribution in [3.05, 3.63) is 34.3 Å². The fraction of sp³-hybridized carbons (Fsp3) is 0.562. The second-order valence-corrected chi connectivity index (χ2v) is 6.92. The van der Waals surface area contributed by atoms with Gasteiger partial charge in [0, 0.05) is 29.0 Å². The predicted molar refractivity (Wildman–Crippen MR) is 90.8 cm³/mol. The number of amides is 1. The zero-order chi connectivity index (χ0) is 13.9. The third kappa shape index (κ3) is 4.70. The number of hydrogen-bond acceptors (Lipinski definition) is 2. The molecule has 2 aliphatic rings. The van der Waals surface area contributed by atoms with Crippen molar-refractivity contribution in [3.63, 3.8) is 0 Å². The lowest BCUT2D eigenvalue weighted by Gasteiger charge is -2.29. The lowest BCUT2D eigenvalue weighted by atomic mass is 9.99. The minimum Gasteiger partial charge on any atom is -0.353 e. The first kappa shape index (κ1) is 16.8. The maximum atomic E-state index is 12.0. The van der Waals surface area contributed by atoms with Crippen molar-refractivity contribution in [2.24, 2.45) is 0 Å². The molecule has 2 aliphatic heterocycles. The number of piperidine rings is 1. The van der Waals surface area contributed by atoms with Crippen molar-refractivity contribution < 1.29 is 4.79 Å². The van der Waals surface area contributed by atoms with E-state index in [1.807, 2.05) is 12.1 Å². The van der Waals surface area contributed by atoms with Crippen LogP contribution in [0.3, 0.4) is 0 Å². The van der Waals surface area contributed by atoms with Crippen LogP contribution in [0.15, 0.2) is 28.7 Å². The summed E-state index contributed by atoms with van der Waals surface area (Å²) in [6.45, 7) is 0. The molecule has 2 atom stereocenters. The SMILES string of the molecule is Cl.O=C(CCc1ccc(Br)cc1)NC1CC2CCC(C1)N2. The largest absolute Gasteiger partial charge is 0.353 e. The molecule has 0 radical (unpaired) electrons. The van der Waals surface area contributed by atoms with E-state index in [4.69, 9.17) is 0 Å². The minimum absolute atomic E-state index is 0. The number of carbonyl (C=O) groups is 1. The highest BCUT2D eigenvalue weighted by Gasteiger charge is 2.33. The zero-order valence-electron chi connectivity index (χ0n) is 12.0. The summed E-state index contributed by atoms with van der Waals surface area (Å²) in [6, 6.07) is 9.84. The summed E-state index contributed by atoms with van der Waals surface area (Å²) in [7, 11) is 0. The van der Waals surface area contributed by atoms with Crippen LogP contribution in [0.1, 0.15) is 37.7 Å². The molecular formula is C16H22BrClN2O. The van der Waals surface area contributed by atoms with E-state index >= 15 is 0 Å². The summed E-state index contributed by atoms with van der Waals surface area (Å²) in [5, 5.41) is 6.81. The van der Waals surface area contributed by atoms with E-state index in [9.17, 15) is 4.79 Å². The fourth-order valence-electron chi connectivity index (χ4n) is 3.38. The topological polar surface area (TPSA) is 41.1 Å². The average molecular weight is 374 g/mol. The van der Waals surface area contributed by atoms with Gasteiger partial charge in [-0.25, -0.2) is 0 Å². The lowest BCUT2D eigenvalue weighted by Crippen LogP contribution is -2.48. The van der Waals surface area contributed by atoms with E-state index in [-0.39, 0.29) is 18.3 Å². The molecule has 1 amide bonds. The predicted octanol–water partition coefficient (Wildman–Crippen LogP) is 3.20. The van der Waals surface area contributed by atoms with E-state index in [0.29, 0.717) is 24.5 Å².